The first-order valence-corrected chi connectivity index (χ1v) is 10.8. The molecule has 3 aromatic carbocycles. The molecule has 0 bridgehead atoms. The molecule has 4 nitrogen and oxygen atoms in total. The molecule has 4 aromatic rings. The number of para-hydroxylation sites is 1. The molecule has 1 aliphatic carbocycles. The minimum absolute atomic E-state index is 0.162. The number of hydrogen-bond donors (Lipinski definition) is 0. The lowest BCUT2D eigenvalue weighted by Crippen LogP contribution is -2.13. The van der Waals surface area contributed by atoms with Crippen molar-refractivity contribution < 1.29 is 0 Å². The Morgan fingerprint density at radius 1 is 0.906 bits per heavy atom. The van der Waals surface area contributed by atoms with Crippen LogP contribution in [0.2, 0.25) is 0 Å². The fourth-order valence-corrected chi connectivity index (χ4v) is 4.77. The van der Waals surface area contributed by atoms with Gasteiger partial charge >= 0.3 is 0 Å². The average molecular weight is 419 g/mol. The molecule has 0 fully saturated rings. The number of hydrogen-bond acceptors (Lipinski definition) is 3. The molecule has 0 spiro atoms. The van der Waals surface area contributed by atoms with Gasteiger partial charge in [-0.05, 0) is 36.3 Å². The molecule has 5 rings (SSSR count). The summed E-state index contributed by atoms with van der Waals surface area (Å²) in [5.41, 5.74) is 5.02. The van der Waals surface area contributed by atoms with Gasteiger partial charge in [0.1, 0.15) is 6.67 Å². The van der Waals surface area contributed by atoms with Crippen molar-refractivity contribution >= 4 is 51.7 Å². The normalized spacial score (nSPS) is 15.9. The molecule has 0 saturated heterocycles. The highest BCUT2D eigenvalue weighted by Crippen LogP contribution is 2.38. The van der Waals surface area contributed by atoms with Gasteiger partial charge in [0, 0.05) is 21.8 Å². The molecule has 158 valence electrons. The van der Waals surface area contributed by atoms with Gasteiger partial charge in [0.05, 0.1) is 29.0 Å². The van der Waals surface area contributed by atoms with Crippen molar-refractivity contribution in [3.63, 3.8) is 0 Å². The number of nitrogens with zero attached hydrogens (tertiary/aromatic N) is 4. The maximum absolute atomic E-state index is 5.03. The summed E-state index contributed by atoms with van der Waals surface area (Å²) in [5.74, 6) is 0. The van der Waals surface area contributed by atoms with E-state index in [-0.39, 0.29) is 5.41 Å². The molecule has 0 radical (unpaired) electrons. The topological polar surface area (TPSA) is 42.0 Å². The van der Waals surface area contributed by atoms with Crippen LogP contribution in [0, 0.1) is 5.41 Å². The maximum atomic E-state index is 5.03. The second-order valence-corrected chi connectivity index (χ2v) is 8.73. The zero-order valence-corrected chi connectivity index (χ0v) is 18.5. The first-order valence-electron chi connectivity index (χ1n) is 10.8. The Hall–Kier alpha value is -3.79. The van der Waals surface area contributed by atoms with E-state index in [9.17, 15) is 0 Å². The van der Waals surface area contributed by atoms with Crippen molar-refractivity contribution in [1.29, 1.82) is 0 Å². The molecule has 1 aliphatic rings. The van der Waals surface area contributed by atoms with Gasteiger partial charge in [-0.1, -0.05) is 74.5 Å². The second-order valence-electron chi connectivity index (χ2n) is 8.73. The van der Waals surface area contributed by atoms with Gasteiger partial charge in [0.15, 0.2) is 0 Å². The van der Waals surface area contributed by atoms with Crippen molar-refractivity contribution in [3.8, 4) is 0 Å². The first kappa shape index (κ1) is 20.1. The minimum atomic E-state index is -0.162. The summed E-state index contributed by atoms with van der Waals surface area (Å²) in [6.07, 6.45) is 4.24. The van der Waals surface area contributed by atoms with Crippen LogP contribution in [0.5, 0.6) is 0 Å². The third-order valence-corrected chi connectivity index (χ3v) is 6.33. The summed E-state index contributed by atoms with van der Waals surface area (Å²) >= 11 is 0. The van der Waals surface area contributed by atoms with E-state index >= 15 is 0 Å². The molecule has 0 unspecified atom stereocenters. The smallest absolute Gasteiger partial charge is 0.115 e. The second kappa shape index (κ2) is 7.72. The van der Waals surface area contributed by atoms with Crippen molar-refractivity contribution in [2.75, 3.05) is 6.54 Å². The predicted octanol–water partition coefficient (Wildman–Crippen LogP) is 6.60. The summed E-state index contributed by atoms with van der Waals surface area (Å²) in [7, 11) is 0. The van der Waals surface area contributed by atoms with Crippen LogP contribution in [0.3, 0.4) is 0 Å². The molecule has 0 aliphatic heterocycles. The summed E-state index contributed by atoms with van der Waals surface area (Å²) in [5, 5.41) is 5.02. The van der Waals surface area contributed by atoms with E-state index in [2.05, 4.69) is 115 Å². The number of fused-ring (bicyclic) bond motifs is 5. The minimum Gasteiger partial charge on any atom is -0.320 e. The van der Waals surface area contributed by atoms with E-state index in [0.717, 1.165) is 17.0 Å². The van der Waals surface area contributed by atoms with E-state index < -0.39 is 0 Å². The molecular weight excluding hydrogens is 392 g/mol. The SMILES string of the molecule is C=NC/C(=N/Cn1c2ccccc2c2c3ccccc3ccc21)C1=C(N=C)C(C)(C)C=C1. The molecule has 0 saturated carbocycles. The first-order chi connectivity index (χ1) is 15.5. The molecule has 32 heavy (non-hydrogen) atoms. The highest BCUT2D eigenvalue weighted by atomic mass is 15.1. The number of benzene rings is 3. The van der Waals surface area contributed by atoms with Crippen LogP contribution in [-0.2, 0) is 6.67 Å². The zero-order chi connectivity index (χ0) is 22.3. The fourth-order valence-electron chi connectivity index (χ4n) is 4.77. The lowest BCUT2D eigenvalue weighted by molar-refractivity contribution is 0.584. The summed E-state index contributed by atoms with van der Waals surface area (Å²) in [6.45, 7) is 12.7. The Morgan fingerprint density at radius 2 is 1.66 bits per heavy atom. The van der Waals surface area contributed by atoms with Gasteiger partial charge in [0.25, 0.3) is 0 Å². The molecular formula is C28H26N4. The fraction of sp³-hybridized carbons (Fsp3) is 0.179. The third-order valence-electron chi connectivity index (χ3n) is 6.33. The van der Waals surface area contributed by atoms with Crippen LogP contribution in [0.1, 0.15) is 13.8 Å². The molecule has 0 N–H and O–H groups in total. The van der Waals surface area contributed by atoms with Gasteiger partial charge in [-0.15, -0.1) is 0 Å². The maximum Gasteiger partial charge on any atom is 0.115 e. The Labute approximate surface area is 188 Å². The number of aliphatic imine (C=N–C) groups is 3. The van der Waals surface area contributed by atoms with Crippen molar-refractivity contribution in [2.45, 2.75) is 20.5 Å². The Bertz CT molecular complexity index is 1480. The van der Waals surface area contributed by atoms with Crippen LogP contribution in [0.15, 0.2) is 99.1 Å². The lowest BCUT2D eigenvalue weighted by Gasteiger charge is -2.18. The van der Waals surface area contributed by atoms with Crippen LogP contribution >= 0.6 is 0 Å². The molecule has 0 amide bonds. The molecule has 4 heteroatoms. The lowest BCUT2D eigenvalue weighted by atomic mass is 9.91. The molecule has 1 aromatic heterocycles. The van der Waals surface area contributed by atoms with Crippen molar-refractivity contribution in [3.05, 3.63) is 84.1 Å². The summed E-state index contributed by atoms with van der Waals surface area (Å²) in [4.78, 5) is 13.5. The van der Waals surface area contributed by atoms with E-state index in [1.807, 2.05) is 0 Å². The van der Waals surface area contributed by atoms with Crippen LogP contribution in [-0.4, -0.2) is 30.3 Å². The average Bonchev–Trinajstić information content (AvgIpc) is 3.30. The highest BCUT2D eigenvalue weighted by Gasteiger charge is 2.29. The van der Waals surface area contributed by atoms with Crippen molar-refractivity contribution in [1.82, 2.24) is 4.57 Å². The quantitative estimate of drug-likeness (QED) is 0.317. The van der Waals surface area contributed by atoms with E-state index in [0.29, 0.717) is 13.2 Å². The van der Waals surface area contributed by atoms with Crippen molar-refractivity contribution in [2.24, 2.45) is 20.4 Å². The Kier molecular flexibility index (Phi) is 4.86. The van der Waals surface area contributed by atoms with E-state index in [1.54, 1.807) is 0 Å². The highest BCUT2D eigenvalue weighted by molar-refractivity contribution is 6.20. The molecule has 0 atom stereocenters. The third kappa shape index (κ3) is 3.11. The van der Waals surface area contributed by atoms with Gasteiger partial charge < -0.3 is 4.57 Å². The summed E-state index contributed by atoms with van der Waals surface area (Å²) < 4.78 is 2.28. The van der Waals surface area contributed by atoms with E-state index in [1.165, 1.54) is 32.6 Å². The van der Waals surface area contributed by atoms with Gasteiger partial charge in [-0.3, -0.25) is 15.0 Å². The summed E-state index contributed by atoms with van der Waals surface area (Å²) in [6, 6.07) is 21.5. The van der Waals surface area contributed by atoms with Gasteiger partial charge in [-0.25, -0.2) is 0 Å². The van der Waals surface area contributed by atoms with Crippen LogP contribution < -0.4 is 0 Å². The van der Waals surface area contributed by atoms with Crippen LogP contribution in [0.4, 0.5) is 0 Å². The van der Waals surface area contributed by atoms with Crippen LogP contribution in [0.25, 0.3) is 32.6 Å². The number of rotatable bonds is 6. The zero-order valence-electron chi connectivity index (χ0n) is 18.5. The Balaban J connectivity index is 1.70. The van der Waals surface area contributed by atoms with E-state index in [4.69, 9.17) is 4.99 Å². The van der Waals surface area contributed by atoms with Gasteiger partial charge in [0.2, 0.25) is 0 Å². The number of aromatic nitrogens is 1. The Morgan fingerprint density at radius 3 is 2.44 bits per heavy atom. The largest absolute Gasteiger partial charge is 0.320 e. The molecule has 1 heterocycles. The standard InChI is InChI=1S/C28H26N4/c1-28(2)16-15-21(27(28)30-4)23(17-29-3)31-18-32-24-12-8-7-11-22(24)26-20-10-6-5-9-19(20)13-14-25(26)32/h5-16H,3-4,17-18H2,1-2H3/b31-23-. The monoisotopic (exact) mass is 418 g/mol. The van der Waals surface area contributed by atoms with Gasteiger partial charge in [-0.2, -0.15) is 0 Å². The number of allylic oxidation sites excluding steroid dienone is 2. The predicted molar refractivity (Wildman–Crippen MR) is 138 cm³/mol.